The van der Waals surface area contributed by atoms with Gasteiger partial charge in [0.1, 0.15) is 5.60 Å². The van der Waals surface area contributed by atoms with Gasteiger partial charge in [0.25, 0.3) is 5.91 Å². The lowest BCUT2D eigenvalue weighted by molar-refractivity contribution is -0.0969. The van der Waals surface area contributed by atoms with E-state index in [2.05, 4.69) is 5.32 Å². The van der Waals surface area contributed by atoms with Crippen LogP contribution in [0.1, 0.15) is 44.0 Å². The summed E-state index contributed by atoms with van der Waals surface area (Å²) in [5, 5.41) is 4.67. The van der Waals surface area contributed by atoms with Gasteiger partial charge in [-0.05, 0) is 56.5 Å². The summed E-state index contributed by atoms with van der Waals surface area (Å²) < 4.78 is 16.8. The number of fused-ring (bicyclic) bond motifs is 1. The van der Waals surface area contributed by atoms with Crippen LogP contribution in [0.25, 0.3) is 10.8 Å². The standard InChI is InChI=1S/C24H30N2O5/c1-24(2,3)31-23(28)25-20-14-17-8-5-4-7-16(17)13-19(20)21(27)26-10-6-9-18(15-26)22-29-11-12-30-22/h4-5,7-8,13-14,18,22H,6,9-12,15H2,1-3H3,(H,25,28). The molecule has 1 atom stereocenters. The Kier molecular flexibility index (Phi) is 6.16. The van der Waals surface area contributed by atoms with Crippen molar-refractivity contribution in [2.24, 2.45) is 5.92 Å². The molecule has 2 aromatic rings. The number of hydrogen-bond donors (Lipinski definition) is 1. The quantitative estimate of drug-likeness (QED) is 0.787. The van der Waals surface area contributed by atoms with Crippen LogP contribution in [0, 0.1) is 5.92 Å². The minimum atomic E-state index is -0.632. The van der Waals surface area contributed by atoms with Crippen molar-refractivity contribution in [3.05, 3.63) is 42.0 Å². The van der Waals surface area contributed by atoms with Crippen LogP contribution >= 0.6 is 0 Å². The maximum atomic E-state index is 13.5. The summed E-state index contributed by atoms with van der Waals surface area (Å²) in [4.78, 5) is 27.8. The predicted molar refractivity (Wildman–Crippen MR) is 118 cm³/mol. The summed E-state index contributed by atoms with van der Waals surface area (Å²) in [6.07, 6.45) is 1.03. The van der Waals surface area contributed by atoms with E-state index in [0.717, 1.165) is 23.6 Å². The minimum absolute atomic E-state index is 0.112. The highest BCUT2D eigenvalue weighted by Gasteiger charge is 2.34. The Labute approximate surface area is 182 Å². The number of ether oxygens (including phenoxy) is 3. The van der Waals surface area contributed by atoms with E-state index in [-0.39, 0.29) is 18.1 Å². The molecule has 2 amide bonds. The lowest BCUT2D eigenvalue weighted by Gasteiger charge is -2.35. The van der Waals surface area contributed by atoms with Gasteiger partial charge in [-0.25, -0.2) is 4.79 Å². The van der Waals surface area contributed by atoms with Gasteiger partial charge in [-0.3, -0.25) is 10.1 Å². The molecule has 2 saturated heterocycles. The number of benzene rings is 2. The molecule has 0 spiro atoms. The maximum absolute atomic E-state index is 13.5. The highest BCUT2D eigenvalue weighted by atomic mass is 16.7. The Morgan fingerprint density at radius 3 is 2.45 bits per heavy atom. The normalized spacial score (nSPS) is 20.1. The first kappa shape index (κ1) is 21.6. The molecule has 2 fully saturated rings. The number of piperidine rings is 1. The van der Waals surface area contributed by atoms with Gasteiger partial charge in [-0.15, -0.1) is 0 Å². The van der Waals surface area contributed by atoms with E-state index in [1.807, 2.05) is 41.3 Å². The van der Waals surface area contributed by atoms with Crippen molar-refractivity contribution in [1.29, 1.82) is 0 Å². The third kappa shape index (κ3) is 5.17. The number of likely N-dealkylation sites (tertiary alicyclic amines) is 1. The monoisotopic (exact) mass is 426 g/mol. The van der Waals surface area contributed by atoms with Gasteiger partial charge in [0, 0.05) is 19.0 Å². The molecular formula is C24H30N2O5. The molecule has 2 heterocycles. The topological polar surface area (TPSA) is 77.1 Å². The average molecular weight is 427 g/mol. The van der Waals surface area contributed by atoms with Crippen LogP contribution in [0.5, 0.6) is 0 Å². The number of amides is 2. The number of nitrogens with one attached hydrogen (secondary N) is 1. The Morgan fingerprint density at radius 2 is 1.77 bits per heavy atom. The summed E-state index contributed by atoms with van der Waals surface area (Å²) in [6, 6.07) is 11.5. The maximum Gasteiger partial charge on any atom is 0.412 e. The molecule has 0 radical (unpaired) electrons. The molecule has 7 nitrogen and oxygen atoms in total. The molecule has 7 heteroatoms. The first-order valence-electron chi connectivity index (χ1n) is 10.9. The number of rotatable bonds is 3. The van der Waals surface area contributed by atoms with Crippen LogP contribution in [-0.4, -0.2) is 55.1 Å². The van der Waals surface area contributed by atoms with E-state index in [4.69, 9.17) is 14.2 Å². The number of carbonyl (C=O) groups is 2. The Morgan fingerprint density at radius 1 is 1.10 bits per heavy atom. The fourth-order valence-electron chi connectivity index (χ4n) is 4.17. The second-order valence-corrected chi connectivity index (χ2v) is 9.14. The summed E-state index contributed by atoms with van der Waals surface area (Å²) in [7, 11) is 0. The highest BCUT2D eigenvalue weighted by molar-refractivity contribution is 6.07. The molecule has 1 N–H and O–H groups in total. The van der Waals surface area contributed by atoms with E-state index in [1.165, 1.54) is 0 Å². The molecule has 31 heavy (non-hydrogen) atoms. The van der Waals surface area contributed by atoms with Crippen LogP contribution in [0.15, 0.2) is 36.4 Å². The van der Waals surface area contributed by atoms with Gasteiger partial charge in [-0.2, -0.15) is 0 Å². The summed E-state index contributed by atoms with van der Waals surface area (Å²) in [5.74, 6) is 0.0439. The van der Waals surface area contributed by atoms with Crippen molar-refractivity contribution in [3.63, 3.8) is 0 Å². The minimum Gasteiger partial charge on any atom is -0.444 e. The van der Waals surface area contributed by atoms with E-state index >= 15 is 0 Å². The number of carbonyl (C=O) groups excluding carboxylic acids is 2. The molecule has 0 aliphatic carbocycles. The van der Waals surface area contributed by atoms with Gasteiger partial charge >= 0.3 is 6.09 Å². The van der Waals surface area contributed by atoms with E-state index in [0.29, 0.717) is 37.6 Å². The molecular weight excluding hydrogens is 396 g/mol. The van der Waals surface area contributed by atoms with Crippen molar-refractivity contribution in [3.8, 4) is 0 Å². The van der Waals surface area contributed by atoms with Crippen LogP contribution in [0.2, 0.25) is 0 Å². The van der Waals surface area contributed by atoms with Crippen LogP contribution in [-0.2, 0) is 14.2 Å². The van der Waals surface area contributed by atoms with E-state index in [1.54, 1.807) is 20.8 Å². The largest absolute Gasteiger partial charge is 0.444 e. The lowest BCUT2D eigenvalue weighted by Crippen LogP contribution is -2.44. The molecule has 2 aromatic carbocycles. The lowest BCUT2D eigenvalue weighted by atomic mass is 9.96. The number of hydrogen-bond acceptors (Lipinski definition) is 5. The smallest absolute Gasteiger partial charge is 0.412 e. The van der Waals surface area contributed by atoms with Gasteiger partial charge in [-0.1, -0.05) is 24.3 Å². The van der Waals surface area contributed by atoms with Crippen molar-refractivity contribution in [1.82, 2.24) is 4.90 Å². The molecule has 4 rings (SSSR count). The Hall–Kier alpha value is -2.64. The van der Waals surface area contributed by atoms with Crippen molar-refractivity contribution in [2.75, 3.05) is 31.6 Å². The van der Waals surface area contributed by atoms with E-state index in [9.17, 15) is 9.59 Å². The third-order valence-corrected chi connectivity index (χ3v) is 5.53. The Balaban J connectivity index is 1.61. The zero-order chi connectivity index (χ0) is 22.0. The molecule has 2 aliphatic heterocycles. The first-order chi connectivity index (χ1) is 14.8. The molecule has 0 bridgehead atoms. The van der Waals surface area contributed by atoms with Crippen molar-refractivity contribution < 1.29 is 23.8 Å². The second-order valence-electron chi connectivity index (χ2n) is 9.14. The molecule has 0 saturated carbocycles. The second kappa shape index (κ2) is 8.85. The third-order valence-electron chi connectivity index (χ3n) is 5.53. The zero-order valence-corrected chi connectivity index (χ0v) is 18.3. The fraction of sp³-hybridized carbons (Fsp3) is 0.500. The Bertz CT molecular complexity index is 962. The molecule has 166 valence electrons. The van der Waals surface area contributed by atoms with Gasteiger partial charge in [0.05, 0.1) is 24.5 Å². The van der Waals surface area contributed by atoms with Crippen LogP contribution < -0.4 is 5.32 Å². The van der Waals surface area contributed by atoms with Crippen LogP contribution in [0.4, 0.5) is 10.5 Å². The summed E-state index contributed by atoms with van der Waals surface area (Å²) in [5.41, 5.74) is 0.277. The van der Waals surface area contributed by atoms with Gasteiger partial charge in [0.15, 0.2) is 6.29 Å². The van der Waals surface area contributed by atoms with E-state index < -0.39 is 11.7 Å². The summed E-state index contributed by atoms with van der Waals surface area (Å²) in [6.45, 7) is 7.86. The highest BCUT2D eigenvalue weighted by Crippen LogP contribution is 2.30. The number of anilines is 1. The van der Waals surface area contributed by atoms with Crippen LogP contribution in [0.3, 0.4) is 0 Å². The molecule has 2 aliphatic rings. The van der Waals surface area contributed by atoms with Gasteiger partial charge in [0.2, 0.25) is 0 Å². The van der Waals surface area contributed by atoms with Crippen molar-refractivity contribution in [2.45, 2.75) is 45.5 Å². The predicted octanol–water partition coefficient (Wildman–Crippen LogP) is 4.41. The molecule has 1 unspecified atom stereocenters. The fourth-order valence-corrected chi connectivity index (χ4v) is 4.17. The summed E-state index contributed by atoms with van der Waals surface area (Å²) >= 11 is 0. The average Bonchev–Trinajstić information content (AvgIpc) is 3.26. The number of nitrogens with zero attached hydrogens (tertiary/aromatic N) is 1. The SMILES string of the molecule is CC(C)(C)OC(=O)Nc1cc2ccccc2cc1C(=O)N1CCCC(C2OCCO2)C1. The zero-order valence-electron chi connectivity index (χ0n) is 18.3. The molecule has 0 aromatic heterocycles. The van der Waals surface area contributed by atoms with Crippen molar-refractivity contribution >= 4 is 28.5 Å². The first-order valence-corrected chi connectivity index (χ1v) is 10.9. The van der Waals surface area contributed by atoms with Gasteiger partial charge < -0.3 is 19.1 Å².